The van der Waals surface area contributed by atoms with Crippen molar-refractivity contribution in [3.63, 3.8) is 0 Å². The van der Waals surface area contributed by atoms with Gasteiger partial charge in [-0.1, -0.05) is 13.8 Å². The van der Waals surface area contributed by atoms with Crippen LogP contribution in [0.4, 0.5) is 0 Å². The monoisotopic (exact) mass is 232 g/mol. The Hall–Kier alpha value is -1.23. The third kappa shape index (κ3) is 23.0. The molecule has 0 aromatic carbocycles. The lowest BCUT2D eigenvalue weighted by Crippen LogP contribution is -2.28. The van der Waals surface area contributed by atoms with Crippen LogP contribution in [0.15, 0.2) is 0 Å². The quantitative estimate of drug-likeness (QED) is 0.716. The van der Waals surface area contributed by atoms with Gasteiger partial charge in [0.1, 0.15) is 12.1 Å². The summed E-state index contributed by atoms with van der Waals surface area (Å²) in [6, 6.07) is 0. The Balaban J connectivity index is -0.000000205. The molecule has 0 saturated heterocycles. The van der Waals surface area contributed by atoms with Crippen molar-refractivity contribution in [1.29, 1.82) is 0 Å². The number of hydrogen-bond acceptors (Lipinski definition) is 4. The van der Waals surface area contributed by atoms with Crippen molar-refractivity contribution in [3.05, 3.63) is 0 Å². The molecule has 0 aliphatic heterocycles. The predicted octanol–water partition coefficient (Wildman–Crippen LogP) is 0.485. The second-order valence-corrected chi connectivity index (χ2v) is 2.80. The van der Waals surface area contributed by atoms with Crippen molar-refractivity contribution in [2.24, 2.45) is 0 Å². The highest BCUT2D eigenvalue weighted by Gasteiger charge is 2.02. The molecule has 16 heavy (non-hydrogen) atoms. The zero-order chi connectivity index (χ0) is 13.6. The number of nitrogens with zero attached hydrogens (tertiary/aromatic N) is 1. The van der Waals surface area contributed by atoms with Crippen LogP contribution in [0.1, 0.15) is 27.7 Å². The van der Waals surface area contributed by atoms with E-state index in [4.69, 9.17) is 0 Å². The van der Waals surface area contributed by atoms with E-state index < -0.39 is 0 Å². The van der Waals surface area contributed by atoms with Gasteiger partial charge in [-0.2, -0.15) is 0 Å². The number of amides is 1. The third-order valence-electron chi connectivity index (χ3n) is 1.28. The molecule has 96 valence electrons. The lowest BCUT2D eigenvalue weighted by atomic mass is 10.4. The van der Waals surface area contributed by atoms with Gasteiger partial charge in [0.15, 0.2) is 0 Å². The lowest BCUT2D eigenvalue weighted by molar-refractivity contribution is -0.131. The van der Waals surface area contributed by atoms with Gasteiger partial charge in [0.2, 0.25) is 5.91 Å². The van der Waals surface area contributed by atoms with E-state index in [0.29, 0.717) is 6.54 Å². The maximum absolute atomic E-state index is 10.5. The SMILES string of the molecule is CC.CC(=O)CN(C)C(C)=O.CNCC=O. The zero-order valence-corrected chi connectivity index (χ0v) is 11.2. The van der Waals surface area contributed by atoms with Crippen LogP contribution in [0, 0.1) is 0 Å². The molecule has 5 heteroatoms. The van der Waals surface area contributed by atoms with Crippen LogP contribution in [-0.2, 0) is 14.4 Å². The Morgan fingerprint density at radius 1 is 1.25 bits per heavy atom. The first-order valence-corrected chi connectivity index (χ1v) is 5.25. The maximum atomic E-state index is 10.5. The number of ketones is 1. The van der Waals surface area contributed by atoms with Crippen molar-refractivity contribution >= 4 is 18.0 Å². The number of aldehydes is 1. The molecule has 5 nitrogen and oxygen atoms in total. The molecule has 0 atom stereocenters. The zero-order valence-electron chi connectivity index (χ0n) is 11.2. The molecule has 0 aliphatic rings. The molecule has 0 spiro atoms. The van der Waals surface area contributed by atoms with Gasteiger partial charge in [0, 0.05) is 14.0 Å². The standard InChI is InChI=1S/C6H11NO2.C3H7NO.C2H6/c1-5(8)4-7(3)6(2)9;1-4-2-3-5;1-2/h4H2,1-3H3;3-4H,2H2,1H3;1-2H3. The van der Waals surface area contributed by atoms with Crippen molar-refractivity contribution < 1.29 is 14.4 Å². The lowest BCUT2D eigenvalue weighted by Gasteiger charge is -2.10. The summed E-state index contributed by atoms with van der Waals surface area (Å²) in [7, 11) is 3.33. The van der Waals surface area contributed by atoms with Crippen LogP contribution < -0.4 is 5.32 Å². The van der Waals surface area contributed by atoms with Crippen LogP contribution in [0.25, 0.3) is 0 Å². The maximum Gasteiger partial charge on any atom is 0.219 e. The first-order valence-electron chi connectivity index (χ1n) is 5.25. The van der Waals surface area contributed by atoms with E-state index in [-0.39, 0.29) is 18.2 Å². The number of carbonyl (C=O) groups is 3. The van der Waals surface area contributed by atoms with Gasteiger partial charge in [-0.15, -0.1) is 0 Å². The van der Waals surface area contributed by atoms with E-state index in [2.05, 4.69) is 5.32 Å². The highest BCUT2D eigenvalue weighted by Crippen LogP contribution is 1.82. The van der Waals surface area contributed by atoms with Crippen LogP contribution in [0.3, 0.4) is 0 Å². The molecule has 0 heterocycles. The van der Waals surface area contributed by atoms with Gasteiger partial charge < -0.3 is 15.0 Å². The average Bonchev–Trinajstić information content (AvgIpc) is 2.22. The number of carbonyl (C=O) groups excluding carboxylic acids is 3. The summed E-state index contributed by atoms with van der Waals surface area (Å²) in [6.07, 6.45) is 0.819. The summed E-state index contributed by atoms with van der Waals surface area (Å²) in [6.45, 7) is 7.57. The number of rotatable bonds is 4. The van der Waals surface area contributed by atoms with Gasteiger partial charge in [0.05, 0.1) is 13.1 Å². The van der Waals surface area contributed by atoms with Gasteiger partial charge in [0.25, 0.3) is 0 Å². The molecule has 0 aliphatic carbocycles. The fraction of sp³-hybridized carbons (Fsp3) is 0.727. The van der Waals surface area contributed by atoms with E-state index >= 15 is 0 Å². The van der Waals surface area contributed by atoms with Crippen LogP contribution in [0.2, 0.25) is 0 Å². The van der Waals surface area contributed by atoms with E-state index in [1.54, 1.807) is 14.1 Å². The van der Waals surface area contributed by atoms with Crippen LogP contribution in [-0.4, -0.2) is 50.1 Å². The minimum Gasteiger partial charge on any atom is -0.339 e. The van der Waals surface area contributed by atoms with Crippen molar-refractivity contribution in [2.75, 3.05) is 27.2 Å². The fourth-order valence-electron chi connectivity index (χ4n) is 0.529. The predicted molar refractivity (Wildman–Crippen MR) is 65.3 cm³/mol. The minimum absolute atomic E-state index is 0.00713. The number of hydrogen-bond donors (Lipinski definition) is 1. The molecular weight excluding hydrogens is 208 g/mol. The molecule has 0 aromatic heterocycles. The van der Waals surface area contributed by atoms with E-state index in [1.807, 2.05) is 13.8 Å². The van der Waals surface area contributed by atoms with Crippen molar-refractivity contribution in [2.45, 2.75) is 27.7 Å². The summed E-state index contributed by atoms with van der Waals surface area (Å²) >= 11 is 0. The number of nitrogens with one attached hydrogen (secondary N) is 1. The molecular formula is C11H24N2O3. The molecule has 0 radical (unpaired) electrons. The van der Waals surface area contributed by atoms with Crippen LogP contribution >= 0.6 is 0 Å². The average molecular weight is 232 g/mol. The number of Topliss-reactive ketones (excluding diaryl/α,β-unsaturated/α-hetero) is 1. The second-order valence-electron chi connectivity index (χ2n) is 2.80. The van der Waals surface area contributed by atoms with Gasteiger partial charge in [-0.25, -0.2) is 0 Å². The number of likely N-dealkylation sites (N-methyl/N-ethyl adjacent to an activating group) is 2. The molecule has 0 aromatic rings. The normalized spacial score (nSPS) is 7.62. The van der Waals surface area contributed by atoms with E-state index in [1.165, 1.54) is 18.7 Å². The Kier molecular flexibility index (Phi) is 20.5. The molecule has 0 saturated carbocycles. The summed E-state index contributed by atoms with van der Waals surface area (Å²) < 4.78 is 0. The Morgan fingerprint density at radius 2 is 1.69 bits per heavy atom. The molecule has 0 rings (SSSR count). The fourth-order valence-corrected chi connectivity index (χ4v) is 0.529. The third-order valence-corrected chi connectivity index (χ3v) is 1.28. The summed E-state index contributed by atoms with van der Waals surface area (Å²) in [5.41, 5.74) is 0. The first kappa shape index (κ1) is 20.2. The van der Waals surface area contributed by atoms with E-state index in [0.717, 1.165) is 6.29 Å². The Labute approximate surface area is 98.2 Å². The van der Waals surface area contributed by atoms with Gasteiger partial charge in [-0.05, 0) is 14.0 Å². The summed E-state index contributed by atoms with van der Waals surface area (Å²) in [4.78, 5) is 31.5. The largest absolute Gasteiger partial charge is 0.339 e. The van der Waals surface area contributed by atoms with Gasteiger partial charge in [-0.3, -0.25) is 9.59 Å². The first-order chi connectivity index (χ1) is 7.45. The molecule has 1 amide bonds. The molecule has 0 fully saturated rings. The topological polar surface area (TPSA) is 66.5 Å². The second kappa shape index (κ2) is 16.2. The van der Waals surface area contributed by atoms with Crippen molar-refractivity contribution in [3.8, 4) is 0 Å². The molecule has 1 N–H and O–H groups in total. The molecule has 0 unspecified atom stereocenters. The van der Waals surface area contributed by atoms with Crippen LogP contribution in [0.5, 0.6) is 0 Å². The Bertz CT molecular complexity index is 194. The smallest absolute Gasteiger partial charge is 0.219 e. The highest BCUT2D eigenvalue weighted by molar-refractivity contribution is 5.83. The Morgan fingerprint density at radius 3 is 1.75 bits per heavy atom. The minimum atomic E-state index is -0.0785. The van der Waals surface area contributed by atoms with Crippen molar-refractivity contribution in [1.82, 2.24) is 10.2 Å². The molecule has 0 bridgehead atoms. The highest BCUT2D eigenvalue weighted by atomic mass is 16.2. The summed E-state index contributed by atoms with van der Waals surface area (Å²) in [5.74, 6) is -0.0714. The van der Waals surface area contributed by atoms with Gasteiger partial charge >= 0.3 is 0 Å². The summed E-state index contributed by atoms with van der Waals surface area (Å²) in [5, 5.41) is 2.65. The van der Waals surface area contributed by atoms with E-state index in [9.17, 15) is 14.4 Å².